The summed E-state index contributed by atoms with van der Waals surface area (Å²) < 4.78 is 0. The molecule has 0 aliphatic carbocycles. The van der Waals surface area contributed by atoms with Crippen LogP contribution in [0.4, 0.5) is 0 Å². The lowest BCUT2D eigenvalue weighted by Gasteiger charge is -1.95. The molecule has 0 atom stereocenters. The lowest BCUT2D eigenvalue weighted by Crippen LogP contribution is -1.99. The third-order valence-electron chi connectivity index (χ3n) is 1.09. The summed E-state index contributed by atoms with van der Waals surface area (Å²) in [6.07, 6.45) is 2.04. The maximum atomic E-state index is 5.52. The molecule has 2 radical (unpaired) electrons. The molecule has 0 aliphatic heterocycles. The van der Waals surface area contributed by atoms with E-state index in [1.165, 1.54) is 4.90 Å². The molecule has 0 fully saturated rings. The third-order valence-corrected chi connectivity index (χ3v) is 1.82. The topological polar surface area (TPSA) is 63.0 Å². The molecule has 0 saturated carbocycles. The minimum Gasteiger partial charge on any atom is -0.412 e. The van der Waals surface area contributed by atoms with Crippen LogP contribution >= 0.6 is 11.8 Å². The molecular weight excluding hydrogens is 159 g/mol. The summed E-state index contributed by atoms with van der Waals surface area (Å²) in [6.45, 7) is 0. The molecule has 60 valence electrons. The second-order valence-electron chi connectivity index (χ2n) is 1.78. The Morgan fingerprint density at radius 1 is 1.27 bits per heavy atom. The monoisotopic (exact) mass is 170 g/mol. The average molecular weight is 170 g/mol. The van der Waals surface area contributed by atoms with Crippen molar-refractivity contribution in [2.24, 2.45) is 0 Å². The first-order valence-electron chi connectivity index (χ1n) is 2.72. The van der Waals surface area contributed by atoms with Gasteiger partial charge in [0.2, 0.25) is 0 Å². The Morgan fingerprint density at radius 2 is 1.91 bits per heavy atom. The fraction of sp³-hybridized carbons (Fsp3) is 0.143. The number of hydrogen-bond acceptors (Lipinski definition) is 1. The van der Waals surface area contributed by atoms with E-state index in [1.54, 1.807) is 11.8 Å². The molecule has 0 bridgehead atoms. The minimum atomic E-state index is 0. The van der Waals surface area contributed by atoms with E-state index in [1.807, 2.05) is 30.5 Å². The molecular formula is C7H11BO2S. The van der Waals surface area contributed by atoms with Gasteiger partial charge in [-0.05, 0) is 12.3 Å². The van der Waals surface area contributed by atoms with E-state index in [-0.39, 0.29) is 11.0 Å². The largest absolute Gasteiger partial charge is 0.412 e. The lowest BCUT2D eigenvalue weighted by atomic mass is 9.97. The number of benzene rings is 1. The molecule has 1 aromatic carbocycles. The molecule has 0 heterocycles. The van der Waals surface area contributed by atoms with Crippen LogP contribution in [0.3, 0.4) is 0 Å². The van der Waals surface area contributed by atoms with Gasteiger partial charge in [0.15, 0.2) is 0 Å². The zero-order chi connectivity index (χ0) is 6.69. The van der Waals surface area contributed by atoms with Gasteiger partial charge in [-0.25, -0.2) is 0 Å². The fourth-order valence-electron chi connectivity index (χ4n) is 0.642. The predicted molar refractivity (Wildman–Crippen MR) is 50.8 cm³/mol. The maximum absolute atomic E-state index is 5.52. The van der Waals surface area contributed by atoms with Crippen molar-refractivity contribution in [2.75, 3.05) is 6.26 Å². The Labute approximate surface area is 72.0 Å². The summed E-state index contributed by atoms with van der Waals surface area (Å²) in [5, 5.41) is 0. The molecule has 4 heteroatoms. The van der Waals surface area contributed by atoms with Gasteiger partial charge >= 0.3 is 0 Å². The highest BCUT2D eigenvalue weighted by Gasteiger charge is 1.86. The van der Waals surface area contributed by atoms with Crippen LogP contribution in [0, 0.1) is 0 Å². The van der Waals surface area contributed by atoms with Gasteiger partial charge in [0.05, 0.1) is 0 Å². The summed E-state index contributed by atoms with van der Waals surface area (Å²) in [4.78, 5) is 1.22. The van der Waals surface area contributed by atoms with Crippen LogP contribution in [0.1, 0.15) is 0 Å². The van der Waals surface area contributed by atoms with E-state index in [0.717, 1.165) is 5.46 Å². The van der Waals surface area contributed by atoms with Gasteiger partial charge in [-0.3, -0.25) is 0 Å². The smallest absolute Gasteiger partial charge is 0.113 e. The number of rotatable bonds is 1. The number of thioether (sulfide) groups is 1. The van der Waals surface area contributed by atoms with Gasteiger partial charge < -0.3 is 11.0 Å². The number of hydrogen-bond donors (Lipinski definition) is 0. The summed E-state index contributed by atoms with van der Waals surface area (Å²) in [6, 6.07) is 7.85. The van der Waals surface area contributed by atoms with Gasteiger partial charge in [-0.2, -0.15) is 0 Å². The molecule has 0 unspecified atom stereocenters. The SMILES string of the molecule is O.O.[B]c1cccc(SC)c1. The van der Waals surface area contributed by atoms with Crippen molar-refractivity contribution >= 4 is 25.1 Å². The fourth-order valence-corrected chi connectivity index (χ4v) is 1.11. The second kappa shape index (κ2) is 6.28. The van der Waals surface area contributed by atoms with Crippen molar-refractivity contribution in [3.63, 3.8) is 0 Å². The molecule has 11 heavy (non-hydrogen) atoms. The molecule has 0 spiro atoms. The van der Waals surface area contributed by atoms with Crippen molar-refractivity contribution in [2.45, 2.75) is 4.90 Å². The van der Waals surface area contributed by atoms with E-state index in [4.69, 9.17) is 7.85 Å². The molecule has 1 rings (SSSR count). The highest BCUT2D eigenvalue weighted by Crippen LogP contribution is 2.10. The highest BCUT2D eigenvalue weighted by atomic mass is 32.2. The quantitative estimate of drug-likeness (QED) is 0.416. The molecule has 0 aromatic heterocycles. The van der Waals surface area contributed by atoms with E-state index in [2.05, 4.69) is 0 Å². The lowest BCUT2D eigenvalue weighted by molar-refractivity contribution is 0.823. The second-order valence-corrected chi connectivity index (χ2v) is 2.66. The van der Waals surface area contributed by atoms with E-state index >= 15 is 0 Å². The van der Waals surface area contributed by atoms with Crippen molar-refractivity contribution < 1.29 is 11.0 Å². The maximum Gasteiger partial charge on any atom is 0.113 e. The molecule has 0 saturated heterocycles. The van der Waals surface area contributed by atoms with Gasteiger partial charge in [-0.1, -0.05) is 23.7 Å². The van der Waals surface area contributed by atoms with Crippen LogP contribution in [0.2, 0.25) is 0 Å². The average Bonchev–Trinajstić information content (AvgIpc) is 1.88. The van der Waals surface area contributed by atoms with Crippen molar-refractivity contribution in [3.05, 3.63) is 24.3 Å². The summed E-state index contributed by atoms with van der Waals surface area (Å²) in [5.41, 5.74) is 0.835. The first-order chi connectivity index (χ1) is 4.33. The first-order valence-corrected chi connectivity index (χ1v) is 3.95. The third kappa shape index (κ3) is 4.08. The Bertz CT molecular complexity index is 205. The zero-order valence-corrected chi connectivity index (χ0v) is 7.11. The standard InChI is InChI=1S/C7H7BS.2H2O/c1-9-7-4-2-3-6(8)5-7;;/h2-5H,1H3;2*1H2. The van der Waals surface area contributed by atoms with Crippen LogP contribution < -0.4 is 5.46 Å². The van der Waals surface area contributed by atoms with Gasteiger partial charge in [0.1, 0.15) is 7.85 Å². The molecule has 1 aromatic rings. The van der Waals surface area contributed by atoms with E-state index < -0.39 is 0 Å². The summed E-state index contributed by atoms with van der Waals surface area (Å²) >= 11 is 1.70. The van der Waals surface area contributed by atoms with Gasteiger partial charge in [0.25, 0.3) is 0 Å². The molecule has 0 amide bonds. The highest BCUT2D eigenvalue weighted by molar-refractivity contribution is 7.98. The van der Waals surface area contributed by atoms with Crippen LogP contribution in [-0.2, 0) is 0 Å². The first kappa shape index (κ1) is 13.2. The Morgan fingerprint density at radius 3 is 2.27 bits per heavy atom. The van der Waals surface area contributed by atoms with E-state index in [9.17, 15) is 0 Å². The van der Waals surface area contributed by atoms with Crippen LogP contribution in [0.25, 0.3) is 0 Å². The minimum absolute atomic E-state index is 0. The normalized spacial score (nSPS) is 7.73. The zero-order valence-electron chi connectivity index (χ0n) is 6.29. The van der Waals surface area contributed by atoms with Crippen LogP contribution in [0.5, 0.6) is 0 Å². The predicted octanol–water partition coefficient (Wildman–Crippen LogP) is -0.447. The van der Waals surface area contributed by atoms with Gasteiger partial charge in [0, 0.05) is 4.90 Å². The van der Waals surface area contributed by atoms with Crippen LogP contribution in [0.15, 0.2) is 29.2 Å². The molecule has 0 aliphatic rings. The Balaban J connectivity index is 0. The van der Waals surface area contributed by atoms with Gasteiger partial charge in [-0.15, -0.1) is 11.8 Å². The Kier molecular flexibility index (Phi) is 7.51. The summed E-state index contributed by atoms with van der Waals surface area (Å²) in [7, 11) is 5.52. The van der Waals surface area contributed by atoms with Crippen molar-refractivity contribution in [3.8, 4) is 0 Å². The van der Waals surface area contributed by atoms with Crippen molar-refractivity contribution in [1.82, 2.24) is 0 Å². The van der Waals surface area contributed by atoms with Crippen LogP contribution in [-0.4, -0.2) is 25.1 Å². The Hall–Kier alpha value is -0.445. The molecule has 4 N–H and O–H groups in total. The van der Waals surface area contributed by atoms with Crippen molar-refractivity contribution in [1.29, 1.82) is 0 Å². The molecule has 2 nitrogen and oxygen atoms in total. The van der Waals surface area contributed by atoms with E-state index in [0.29, 0.717) is 0 Å². The summed E-state index contributed by atoms with van der Waals surface area (Å²) in [5.74, 6) is 0.